The number of nitrogens with zero attached hydrogens (tertiary/aromatic N) is 1. The molecule has 2 aliphatic rings. The average Bonchev–Trinajstić information content (AvgIpc) is 3.02. The van der Waals surface area contributed by atoms with Gasteiger partial charge in [0.2, 0.25) is 0 Å². The van der Waals surface area contributed by atoms with Gasteiger partial charge in [-0.2, -0.15) is 4.31 Å². The molecule has 4 nitrogen and oxygen atoms in total. The fraction of sp³-hybridized carbons (Fsp3) is 0.667. The van der Waals surface area contributed by atoms with E-state index in [4.69, 9.17) is 0 Å². The molecule has 0 bridgehead atoms. The molecule has 7 heteroatoms. The Kier molecular flexibility index (Phi) is 4.28. The van der Waals surface area contributed by atoms with Crippen molar-refractivity contribution in [3.8, 4) is 0 Å². The molecule has 1 aromatic rings. The van der Waals surface area contributed by atoms with Crippen LogP contribution in [-0.2, 0) is 10.0 Å². The predicted molar refractivity (Wildman–Crippen MR) is 79.6 cm³/mol. The van der Waals surface area contributed by atoms with Crippen molar-refractivity contribution >= 4 is 33.8 Å². The molecule has 1 aromatic heterocycles. The molecule has 1 atom stereocenters. The van der Waals surface area contributed by atoms with Gasteiger partial charge in [0.05, 0.1) is 0 Å². The smallest absolute Gasteiger partial charge is 0.252 e. The van der Waals surface area contributed by atoms with Crippen LogP contribution in [0.5, 0.6) is 0 Å². The predicted octanol–water partition coefficient (Wildman–Crippen LogP) is 1.85. The summed E-state index contributed by atoms with van der Waals surface area (Å²) in [4.78, 5) is 1.05. The molecule has 1 unspecified atom stereocenters. The van der Waals surface area contributed by atoms with Gasteiger partial charge in [0, 0.05) is 24.5 Å². The lowest BCUT2D eigenvalue weighted by molar-refractivity contribution is 0.338. The van der Waals surface area contributed by atoms with E-state index in [1.165, 1.54) is 11.3 Å². The molecule has 2 aliphatic heterocycles. The molecule has 0 aromatic carbocycles. The highest BCUT2D eigenvalue weighted by Crippen LogP contribution is 2.39. The molecule has 0 aliphatic carbocycles. The summed E-state index contributed by atoms with van der Waals surface area (Å²) in [5, 5.41) is 3.35. The van der Waals surface area contributed by atoms with Gasteiger partial charge in [0.1, 0.15) is 4.21 Å². The van der Waals surface area contributed by atoms with Crippen molar-refractivity contribution in [2.45, 2.75) is 24.0 Å². The Hall–Kier alpha value is -0.140. The summed E-state index contributed by atoms with van der Waals surface area (Å²) >= 11 is 1.37. The molecule has 0 saturated carbocycles. The maximum atomic E-state index is 12.5. The quantitative estimate of drug-likeness (QED) is 0.904. The first-order chi connectivity index (χ1) is 8.52. The monoisotopic (exact) mass is 322 g/mol. The summed E-state index contributed by atoms with van der Waals surface area (Å²) < 4.78 is 27.2. The number of hydrogen-bond donors (Lipinski definition) is 1. The summed E-state index contributed by atoms with van der Waals surface area (Å²) in [6.45, 7) is 5.27. The highest BCUT2D eigenvalue weighted by atomic mass is 35.5. The Labute approximate surface area is 124 Å². The second-order valence-corrected chi connectivity index (χ2v) is 8.83. The maximum Gasteiger partial charge on any atom is 0.252 e. The van der Waals surface area contributed by atoms with Gasteiger partial charge in [-0.3, -0.25) is 0 Å². The van der Waals surface area contributed by atoms with Crippen LogP contribution in [0, 0.1) is 12.3 Å². The number of nitrogens with one attached hydrogen (secondary N) is 1. The standard InChI is InChI=1S/C12H18N2O2S2.ClH/c1-10-2-3-11(17-10)18(15,16)14-7-5-12(9-14)4-6-13-8-12;/h2-3,13H,4-9H2,1H3;1H. The largest absolute Gasteiger partial charge is 0.316 e. The minimum Gasteiger partial charge on any atom is -0.316 e. The van der Waals surface area contributed by atoms with Gasteiger partial charge >= 0.3 is 0 Å². The minimum atomic E-state index is -3.26. The van der Waals surface area contributed by atoms with Crippen molar-refractivity contribution in [1.29, 1.82) is 0 Å². The first-order valence-corrected chi connectivity index (χ1v) is 8.55. The van der Waals surface area contributed by atoms with Crippen LogP contribution >= 0.6 is 23.7 Å². The van der Waals surface area contributed by atoms with Gasteiger partial charge in [-0.05, 0) is 43.9 Å². The Morgan fingerprint density at radius 1 is 1.37 bits per heavy atom. The Balaban J connectivity index is 0.00000133. The van der Waals surface area contributed by atoms with E-state index in [2.05, 4.69) is 5.32 Å². The number of rotatable bonds is 2. The third kappa shape index (κ3) is 2.69. The first-order valence-electron chi connectivity index (χ1n) is 6.29. The van der Waals surface area contributed by atoms with Crippen molar-refractivity contribution in [3.05, 3.63) is 17.0 Å². The second kappa shape index (κ2) is 5.33. The highest BCUT2D eigenvalue weighted by molar-refractivity contribution is 7.91. The van der Waals surface area contributed by atoms with Crippen LogP contribution in [0.2, 0.25) is 0 Å². The molecule has 2 saturated heterocycles. The zero-order valence-corrected chi connectivity index (χ0v) is 13.3. The zero-order chi connectivity index (χ0) is 12.8. The molecule has 1 N–H and O–H groups in total. The van der Waals surface area contributed by atoms with Crippen molar-refractivity contribution in [1.82, 2.24) is 9.62 Å². The SMILES string of the molecule is Cc1ccc(S(=O)(=O)N2CCC3(CCNC3)C2)s1.Cl. The Bertz CT molecular complexity index is 550. The van der Waals surface area contributed by atoms with Gasteiger partial charge in [-0.15, -0.1) is 23.7 Å². The number of aryl methyl sites for hydroxylation is 1. The van der Waals surface area contributed by atoms with Gasteiger partial charge in [-0.25, -0.2) is 8.42 Å². The van der Waals surface area contributed by atoms with E-state index < -0.39 is 10.0 Å². The average molecular weight is 323 g/mol. The van der Waals surface area contributed by atoms with Gasteiger partial charge in [-0.1, -0.05) is 0 Å². The van der Waals surface area contributed by atoms with Crippen LogP contribution in [0.3, 0.4) is 0 Å². The molecule has 2 fully saturated rings. The van der Waals surface area contributed by atoms with Crippen LogP contribution in [0.25, 0.3) is 0 Å². The fourth-order valence-electron chi connectivity index (χ4n) is 2.92. The summed E-state index contributed by atoms with van der Waals surface area (Å²) in [6, 6.07) is 3.60. The maximum absolute atomic E-state index is 12.5. The number of sulfonamides is 1. The van der Waals surface area contributed by atoms with E-state index >= 15 is 0 Å². The van der Waals surface area contributed by atoms with Gasteiger partial charge in [0.25, 0.3) is 10.0 Å². The topological polar surface area (TPSA) is 49.4 Å². The summed E-state index contributed by atoms with van der Waals surface area (Å²) in [5.41, 5.74) is 0.194. The van der Waals surface area contributed by atoms with E-state index in [9.17, 15) is 8.42 Å². The third-order valence-electron chi connectivity index (χ3n) is 4.05. The normalized spacial score (nSPS) is 27.8. The van der Waals surface area contributed by atoms with E-state index in [0.29, 0.717) is 17.3 Å². The van der Waals surface area contributed by atoms with Crippen LogP contribution in [0.15, 0.2) is 16.3 Å². The number of halogens is 1. The lowest BCUT2D eigenvalue weighted by Crippen LogP contribution is -2.32. The Morgan fingerprint density at radius 3 is 2.74 bits per heavy atom. The molecule has 108 valence electrons. The molecule has 3 rings (SSSR count). The molecular formula is C12H19ClN2O2S2. The van der Waals surface area contributed by atoms with Crippen LogP contribution in [0.1, 0.15) is 17.7 Å². The van der Waals surface area contributed by atoms with Crippen molar-refractivity contribution < 1.29 is 8.42 Å². The van der Waals surface area contributed by atoms with Gasteiger partial charge < -0.3 is 5.32 Å². The van der Waals surface area contributed by atoms with Crippen LogP contribution in [-0.4, -0.2) is 38.9 Å². The highest BCUT2D eigenvalue weighted by Gasteiger charge is 2.44. The number of thiophene rings is 1. The third-order valence-corrected chi connectivity index (χ3v) is 7.36. The van der Waals surface area contributed by atoms with Crippen molar-refractivity contribution in [3.63, 3.8) is 0 Å². The van der Waals surface area contributed by atoms with E-state index in [0.717, 1.165) is 30.8 Å². The molecule has 0 radical (unpaired) electrons. The molecular weight excluding hydrogens is 304 g/mol. The van der Waals surface area contributed by atoms with Crippen LogP contribution < -0.4 is 5.32 Å². The van der Waals surface area contributed by atoms with Crippen molar-refractivity contribution in [2.24, 2.45) is 5.41 Å². The molecule has 0 amide bonds. The first kappa shape index (κ1) is 15.3. The fourth-order valence-corrected chi connectivity index (χ4v) is 5.91. The summed E-state index contributed by atoms with van der Waals surface area (Å²) in [7, 11) is -3.26. The van der Waals surface area contributed by atoms with E-state index in [1.54, 1.807) is 10.4 Å². The summed E-state index contributed by atoms with van der Waals surface area (Å²) in [5.74, 6) is 0. The molecule has 19 heavy (non-hydrogen) atoms. The zero-order valence-electron chi connectivity index (χ0n) is 10.9. The van der Waals surface area contributed by atoms with Crippen LogP contribution in [0.4, 0.5) is 0 Å². The second-order valence-electron chi connectivity index (χ2n) is 5.38. The minimum absolute atomic E-state index is 0. The van der Waals surface area contributed by atoms with E-state index in [-0.39, 0.29) is 17.8 Å². The lowest BCUT2D eigenvalue weighted by atomic mass is 9.87. The van der Waals surface area contributed by atoms with Crippen molar-refractivity contribution in [2.75, 3.05) is 26.2 Å². The van der Waals surface area contributed by atoms with E-state index in [1.807, 2.05) is 13.0 Å². The molecule has 3 heterocycles. The van der Waals surface area contributed by atoms with Gasteiger partial charge in [0.15, 0.2) is 0 Å². The number of hydrogen-bond acceptors (Lipinski definition) is 4. The lowest BCUT2D eigenvalue weighted by Gasteiger charge is -2.22. The summed E-state index contributed by atoms with van der Waals surface area (Å²) in [6.07, 6.45) is 2.09. The Morgan fingerprint density at radius 2 is 2.16 bits per heavy atom. The molecule has 1 spiro atoms.